The number of fused-ring (bicyclic) bond motifs is 3. The highest BCUT2D eigenvalue weighted by atomic mass is 35.5. The summed E-state index contributed by atoms with van der Waals surface area (Å²) in [4.78, 5) is 29.3. The minimum Gasteiger partial charge on any atom is -0.375 e. The number of rotatable bonds is 1. The molecule has 0 bridgehead atoms. The van der Waals surface area contributed by atoms with E-state index in [-0.39, 0.29) is 17.9 Å². The molecule has 3 aliphatic heterocycles. The lowest BCUT2D eigenvalue weighted by Gasteiger charge is -2.38. The summed E-state index contributed by atoms with van der Waals surface area (Å²) in [6.45, 7) is 3.65. The molecule has 23 heavy (non-hydrogen) atoms. The van der Waals surface area contributed by atoms with Crippen LogP contribution in [0.4, 0.5) is 5.69 Å². The van der Waals surface area contributed by atoms with Crippen molar-refractivity contribution in [2.45, 2.75) is 35.6 Å². The Labute approximate surface area is 143 Å². The van der Waals surface area contributed by atoms with Gasteiger partial charge in [0.2, 0.25) is 5.91 Å². The van der Waals surface area contributed by atoms with Crippen molar-refractivity contribution in [3.8, 4) is 0 Å². The molecule has 3 aliphatic rings. The molecular weight excluding hydrogens is 336 g/mol. The summed E-state index contributed by atoms with van der Waals surface area (Å²) in [6, 6.07) is 5.48. The maximum Gasteiger partial charge on any atom is 0.260 e. The van der Waals surface area contributed by atoms with Gasteiger partial charge < -0.3 is 9.64 Å². The number of anilines is 1. The van der Waals surface area contributed by atoms with E-state index in [4.69, 9.17) is 16.3 Å². The van der Waals surface area contributed by atoms with E-state index in [1.165, 1.54) is 11.8 Å². The summed E-state index contributed by atoms with van der Waals surface area (Å²) in [6.07, 6.45) is 0.954. The molecule has 122 valence electrons. The van der Waals surface area contributed by atoms with Gasteiger partial charge in [-0.05, 0) is 31.5 Å². The van der Waals surface area contributed by atoms with Gasteiger partial charge in [-0.15, -0.1) is 0 Å². The Kier molecular flexibility index (Phi) is 3.59. The molecule has 4 rings (SSSR count). The van der Waals surface area contributed by atoms with E-state index in [2.05, 4.69) is 0 Å². The minimum absolute atomic E-state index is 0.00632. The van der Waals surface area contributed by atoms with Gasteiger partial charge in [0.1, 0.15) is 0 Å². The Morgan fingerprint density at radius 3 is 3.09 bits per heavy atom. The minimum atomic E-state index is -0.846. The number of amides is 2. The van der Waals surface area contributed by atoms with E-state index in [1.54, 1.807) is 17.0 Å². The molecule has 3 heterocycles. The predicted octanol–water partition coefficient (Wildman–Crippen LogP) is 2.52. The van der Waals surface area contributed by atoms with Crippen LogP contribution < -0.4 is 4.90 Å². The third-order valence-corrected chi connectivity index (χ3v) is 6.29. The molecule has 1 aromatic rings. The average molecular weight is 353 g/mol. The Hall–Kier alpha value is -1.24. The molecule has 2 amide bonds. The Morgan fingerprint density at radius 2 is 2.30 bits per heavy atom. The number of hydrogen-bond acceptors (Lipinski definition) is 4. The fourth-order valence-corrected chi connectivity index (χ4v) is 5.19. The molecule has 2 atom stereocenters. The van der Waals surface area contributed by atoms with Gasteiger partial charge in [-0.3, -0.25) is 14.5 Å². The van der Waals surface area contributed by atoms with E-state index in [9.17, 15) is 9.59 Å². The molecule has 0 radical (unpaired) electrons. The highest BCUT2D eigenvalue weighted by Crippen LogP contribution is 2.57. The number of carbonyl (C=O) groups is 2. The molecule has 0 N–H and O–H groups in total. The molecule has 2 saturated heterocycles. The second-order valence-electron chi connectivity index (χ2n) is 6.16. The summed E-state index contributed by atoms with van der Waals surface area (Å²) in [5, 5.41) is 0.576. The zero-order valence-corrected chi connectivity index (χ0v) is 14.3. The van der Waals surface area contributed by atoms with E-state index in [0.29, 0.717) is 37.6 Å². The standard InChI is InChI=1S/C16H17ClN2O3S/c1-10-9-18(6-7-22-10)15(21)16-5-4-14(20)19(16)12-8-11(17)2-3-13(12)23-16/h2-3,8,10H,4-7,9H2,1H3/t10-,16-/m1/s1. The molecule has 7 heteroatoms. The van der Waals surface area contributed by atoms with Crippen molar-refractivity contribution in [2.75, 3.05) is 24.6 Å². The van der Waals surface area contributed by atoms with Crippen LogP contribution in [0, 0.1) is 0 Å². The molecule has 0 unspecified atom stereocenters. The Morgan fingerprint density at radius 1 is 1.48 bits per heavy atom. The number of halogens is 1. The summed E-state index contributed by atoms with van der Waals surface area (Å²) in [5.74, 6) is 0.00370. The van der Waals surface area contributed by atoms with Crippen molar-refractivity contribution in [3.63, 3.8) is 0 Å². The summed E-state index contributed by atoms with van der Waals surface area (Å²) >= 11 is 7.58. The molecule has 0 saturated carbocycles. The maximum absolute atomic E-state index is 13.3. The number of carbonyl (C=O) groups excluding carboxylic acids is 2. The SMILES string of the molecule is C[C@@H]1CN(C(=O)[C@]23CCC(=O)N2c2cc(Cl)ccc2S3)CCO1. The smallest absolute Gasteiger partial charge is 0.260 e. The summed E-state index contributed by atoms with van der Waals surface area (Å²) in [7, 11) is 0. The van der Waals surface area contributed by atoms with Gasteiger partial charge in [0.05, 0.1) is 18.4 Å². The van der Waals surface area contributed by atoms with Gasteiger partial charge in [0.25, 0.3) is 5.91 Å². The van der Waals surface area contributed by atoms with E-state index >= 15 is 0 Å². The van der Waals surface area contributed by atoms with E-state index in [1.807, 2.05) is 17.9 Å². The molecule has 5 nitrogen and oxygen atoms in total. The van der Waals surface area contributed by atoms with Crippen molar-refractivity contribution in [1.82, 2.24) is 4.90 Å². The first-order valence-electron chi connectivity index (χ1n) is 7.74. The van der Waals surface area contributed by atoms with Crippen LogP contribution in [0.3, 0.4) is 0 Å². The van der Waals surface area contributed by atoms with Crippen molar-refractivity contribution in [3.05, 3.63) is 23.2 Å². The highest BCUT2D eigenvalue weighted by Gasteiger charge is 2.58. The Balaban J connectivity index is 1.72. The van der Waals surface area contributed by atoms with Gasteiger partial charge in [-0.1, -0.05) is 23.4 Å². The number of nitrogens with zero attached hydrogens (tertiary/aromatic N) is 2. The van der Waals surface area contributed by atoms with Crippen molar-refractivity contribution in [2.24, 2.45) is 0 Å². The Bertz CT molecular complexity index is 698. The summed E-state index contributed by atoms with van der Waals surface area (Å²) < 4.78 is 5.53. The lowest BCUT2D eigenvalue weighted by molar-refractivity contribution is -0.140. The molecule has 0 aromatic heterocycles. The number of ether oxygens (including phenoxy) is 1. The van der Waals surface area contributed by atoms with Crippen LogP contribution in [0.5, 0.6) is 0 Å². The quantitative estimate of drug-likeness (QED) is 0.779. The van der Waals surface area contributed by atoms with Crippen LogP contribution in [0.2, 0.25) is 5.02 Å². The number of hydrogen-bond donors (Lipinski definition) is 0. The zero-order chi connectivity index (χ0) is 16.2. The van der Waals surface area contributed by atoms with Crippen molar-refractivity contribution in [1.29, 1.82) is 0 Å². The van der Waals surface area contributed by atoms with E-state index < -0.39 is 4.87 Å². The second-order valence-corrected chi connectivity index (χ2v) is 7.92. The molecule has 0 spiro atoms. The lowest BCUT2D eigenvalue weighted by Crippen LogP contribution is -2.57. The largest absolute Gasteiger partial charge is 0.375 e. The van der Waals surface area contributed by atoms with Gasteiger partial charge in [0.15, 0.2) is 4.87 Å². The predicted molar refractivity (Wildman–Crippen MR) is 88.8 cm³/mol. The van der Waals surface area contributed by atoms with Crippen molar-refractivity contribution < 1.29 is 14.3 Å². The van der Waals surface area contributed by atoms with Crippen LogP contribution >= 0.6 is 23.4 Å². The lowest BCUT2D eigenvalue weighted by atomic mass is 10.1. The van der Waals surface area contributed by atoms with Crippen LogP contribution in [-0.4, -0.2) is 47.4 Å². The van der Waals surface area contributed by atoms with Crippen LogP contribution in [0.1, 0.15) is 19.8 Å². The van der Waals surface area contributed by atoms with Gasteiger partial charge in [-0.2, -0.15) is 0 Å². The van der Waals surface area contributed by atoms with Gasteiger partial charge in [-0.25, -0.2) is 0 Å². The third kappa shape index (κ3) is 2.27. The molecular formula is C16H17ClN2O3S. The third-order valence-electron chi connectivity index (χ3n) is 4.59. The number of benzene rings is 1. The fourth-order valence-electron chi connectivity index (χ4n) is 3.56. The summed E-state index contributed by atoms with van der Waals surface area (Å²) in [5.41, 5.74) is 0.764. The van der Waals surface area contributed by atoms with Gasteiger partial charge >= 0.3 is 0 Å². The van der Waals surface area contributed by atoms with Crippen LogP contribution in [0.25, 0.3) is 0 Å². The number of thioether (sulfide) groups is 1. The molecule has 0 aliphatic carbocycles. The highest BCUT2D eigenvalue weighted by molar-refractivity contribution is 8.02. The first-order valence-corrected chi connectivity index (χ1v) is 8.93. The molecule has 1 aromatic carbocycles. The molecule has 2 fully saturated rings. The monoisotopic (exact) mass is 352 g/mol. The topological polar surface area (TPSA) is 49.9 Å². The number of morpholine rings is 1. The fraction of sp³-hybridized carbons (Fsp3) is 0.500. The van der Waals surface area contributed by atoms with Crippen molar-refractivity contribution >= 4 is 40.9 Å². The average Bonchev–Trinajstić information content (AvgIpc) is 3.03. The van der Waals surface area contributed by atoms with Gasteiger partial charge in [0, 0.05) is 29.4 Å². The normalized spacial score (nSPS) is 29.7. The van der Waals surface area contributed by atoms with Crippen LogP contribution in [-0.2, 0) is 14.3 Å². The second kappa shape index (κ2) is 5.40. The first-order chi connectivity index (χ1) is 11.0. The zero-order valence-electron chi connectivity index (χ0n) is 12.8. The van der Waals surface area contributed by atoms with E-state index in [0.717, 1.165) is 10.6 Å². The maximum atomic E-state index is 13.3. The van der Waals surface area contributed by atoms with Crippen LogP contribution in [0.15, 0.2) is 23.1 Å². The first kappa shape index (κ1) is 15.3.